The Hall–Kier alpha value is -1.58. The number of nitrogens with zero attached hydrogens (tertiary/aromatic N) is 1. The Kier molecular flexibility index (Phi) is 7.61. The lowest BCUT2D eigenvalue weighted by Gasteiger charge is -2.44. The molecule has 0 saturated heterocycles. The Balaban J connectivity index is 2.27. The summed E-state index contributed by atoms with van der Waals surface area (Å²) in [6.45, 7) is 24.0. The molecule has 0 saturated carbocycles. The molecule has 0 aliphatic rings. The van der Waals surface area contributed by atoms with Gasteiger partial charge in [-0.15, -0.1) is 11.3 Å². The minimum atomic E-state index is -1.81. The Bertz CT molecular complexity index is 997. The summed E-state index contributed by atoms with van der Waals surface area (Å²) in [5.74, 6) is 0. The van der Waals surface area contributed by atoms with E-state index >= 15 is 0 Å². The number of thiophene rings is 1. The third-order valence-electron chi connectivity index (χ3n) is 7.43. The fourth-order valence-electron chi connectivity index (χ4n) is 6.52. The normalized spacial score (nSPS) is 12.8. The smallest absolute Gasteiger partial charge is 0.0969 e. The van der Waals surface area contributed by atoms with Gasteiger partial charge < -0.3 is 4.90 Å². The number of hydrogen-bond donors (Lipinski definition) is 0. The van der Waals surface area contributed by atoms with Crippen LogP contribution in [0.4, 0.5) is 5.69 Å². The van der Waals surface area contributed by atoms with Crippen molar-refractivity contribution < 1.29 is 0 Å². The van der Waals surface area contributed by atoms with E-state index < -0.39 is 8.07 Å². The first kappa shape index (κ1) is 25.0. The molecule has 0 N–H and O–H groups in total. The first-order chi connectivity index (χ1) is 15.0. The molecule has 0 unspecified atom stereocenters. The Morgan fingerprint density at radius 3 is 1.62 bits per heavy atom. The molecule has 1 nitrogen and oxygen atoms in total. The van der Waals surface area contributed by atoms with Crippen LogP contribution in [0.15, 0.2) is 48.5 Å². The molecule has 1 aromatic heterocycles. The maximum atomic E-state index is 2.50. The summed E-state index contributed by atoms with van der Waals surface area (Å²) in [4.78, 5) is 4.02. The first-order valence-corrected chi connectivity index (χ1v) is 15.5. The van der Waals surface area contributed by atoms with Crippen molar-refractivity contribution >= 4 is 40.4 Å². The van der Waals surface area contributed by atoms with Gasteiger partial charge in [0.05, 0.1) is 8.07 Å². The van der Waals surface area contributed by atoms with Gasteiger partial charge in [-0.3, -0.25) is 0 Å². The Morgan fingerprint density at radius 2 is 1.16 bits per heavy atom. The third-order valence-corrected chi connectivity index (χ3v) is 16.0. The highest BCUT2D eigenvalue weighted by Crippen LogP contribution is 2.46. The minimum absolute atomic E-state index is 0.489. The molecular weight excluding hydrogens is 422 g/mol. The lowest BCUT2D eigenvalue weighted by molar-refractivity contribution is 0.608. The van der Waals surface area contributed by atoms with Crippen molar-refractivity contribution in [3.8, 4) is 10.4 Å². The molecule has 0 amide bonds. The zero-order valence-corrected chi connectivity index (χ0v) is 23.7. The molecule has 0 atom stereocenters. The summed E-state index contributed by atoms with van der Waals surface area (Å²) >= 11 is 2.00. The molecule has 174 valence electrons. The van der Waals surface area contributed by atoms with Crippen molar-refractivity contribution in [2.45, 2.75) is 97.9 Å². The molecular formula is C29H43NSSi. The second-order valence-electron chi connectivity index (χ2n) is 10.8. The predicted molar refractivity (Wildman–Crippen MR) is 151 cm³/mol. The van der Waals surface area contributed by atoms with Gasteiger partial charge in [-0.25, -0.2) is 0 Å². The van der Waals surface area contributed by atoms with Crippen LogP contribution in [-0.4, -0.2) is 20.2 Å². The monoisotopic (exact) mass is 465 g/mol. The maximum Gasteiger partial charge on any atom is 0.0969 e. The first-order valence-electron chi connectivity index (χ1n) is 12.4. The third kappa shape index (κ3) is 4.19. The van der Waals surface area contributed by atoms with Crippen LogP contribution in [0, 0.1) is 0 Å². The number of anilines is 1. The highest BCUT2D eigenvalue weighted by Gasteiger charge is 2.47. The molecule has 2 aromatic carbocycles. The van der Waals surface area contributed by atoms with Crippen LogP contribution in [-0.2, 0) is 0 Å². The van der Waals surface area contributed by atoms with E-state index in [0.29, 0.717) is 28.7 Å². The Morgan fingerprint density at radius 1 is 0.656 bits per heavy atom. The van der Waals surface area contributed by atoms with E-state index in [9.17, 15) is 0 Å². The standard InChI is InChI=1S/C29H43NSSi/c1-19(2)30(20(3)4)25-17-15-24(16-18-25)28-29(26-13-11-12-14-27(26)31-28)32(21(5)6,22(7)8)23(9)10/h11-23H,1-10H3. The molecule has 0 aliphatic carbocycles. The van der Waals surface area contributed by atoms with Gasteiger partial charge in [0.1, 0.15) is 0 Å². The van der Waals surface area contributed by atoms with E-state index in [2.05, 4.69) is 123 Å². The summed E-state index contributed by atoms with van der Waals surface area (Å²) in [7, 11) is -1.81. The molecule has 0 aliphatic heterocycles. The van der Waals surface area contributed by atoms with Gasteiger partial charge in [0.2, 0.25) is 0 Å². The van der Waals surface area contributed by atoms with Crippen molar-refractivity contribution in [1.82, 2.24) is 0 Å². The number of rotatable bonds is 8. The van der Waals surface area contributed by atoms with Crippen molar-refractivity contribution in [2.75, 3.05) is 4.90 Å². The molecule has 32 heavy (non-hydrogen) atoms. The van der Waals surface area contributed by atoms with Gasteiger partial charge in [-0.2, -0.15) is 0 Å². The average Bonchev–Trinajstić information content (AvgIpc) is 3.07. The molecule has 1 heterocycles. The van der Waals surface area contributed by atoms with Crippen molar-refractivity contribution in [3.05, 3.63) is 48.5 Å². The molecule has 0 spiro atoms. The zero-order valence-electron chi connectivity index (χ0n) is 21.9. The largest absolute Gasteiger partial charge is 0.367 e. The highest BCUT2D eigenvalue weighted by atomic mass is 32.1. The minimum Gasteiger partial charge on any atom is -0.367 e. The fourth-order valence-corrected chi connectivity index (χ4v) is 15.4. The van der Waals surface area contributed by atoms with Crippen LogP contribution in [0.25, 0.3) is 20.5 Å². The summed E-state index contributed by atoms with van der Waals surface area (Å²) in [5, 5.41) is 3.21. The summed E-state index contributed by atoms with van der Waals surface area (Å²) in [5.41, 5.74) is 4.78. The molecule has 0 fully saturated rings. The quantitative estimate of drug-likeness (QED) is 0.300. The number of hydrogen-bond acceptors (Lipinski definition) is 2. The lowest BCUT2D eigenvalue weighted by atomic mass is 10.1. The van der Waals surface area contributed by atoms with Gasteiger partial charge in [0.25, 0.3) is 0 Å². The molecule has 0 bridgehead atoms. The van der Waals surface area contributed by atoms with Crippen LogP contribution < -0.4 is 10.1 Å². The average molecular weight is 466 g/mol. The highest BCUT2D eigenvalue weighted by molar-refractivity contribution is 7.25. The summed E-state index contributed by atoms with van der Waals surface area (Å²) in [6.07, 6.45) is 0. The molecule has 3 heteroatoms. The zero-order chi connectivity index (χ0) is 23.8. The van der Waals surface area contributed by atoms with Gasteiger partial charge in [-0.05, 0) is 78.7 Å². The van der Waals surface area contributed by atoms with Crippen LogP contribution in [0.3, 0.4) is 0 Å². The van der Waals surface area contributed by atoms with E-state index in [1.807, 2.05) is 11.3 Å². The van der Waals surface area contributed by atoms with Crippen LogP contribution in [0.2, 0.25) is 16.6 Å². The second kappa shape index (κ2) is 9.73. The van der Waals surface area contributed by atoms with E-state index in [-0.39, 0.29) is 0 Å². The number of benzene rings is 2. The summed E-state index contributed by atoms with van der Waals surface area (Å²) in [6, 6.07) is 19.5. The fraction of sp³-hybridized carbons (Fsp3) is 0.517. The second-order valence-corrected chi connectivity index (χ2v) is 17.7. The molecule has 3 aromatic rings. The van der Waals surface area contributed by atoms with E-state index in [0.717, 1.165) is 0 Å². The lowest BCUT2D eigenvalue weighted by Crippen LogP contribution is -2.56. The van der Waals surface area contributed by atoms with Crippen LogP contribution in [0.1, 0.15) is 69.2 Å². The van der Waals surface area contributed by atoms with Crippen LogP contribution in [0.5, 0.6) is 0 Å². The van der Waals surface area contributed by atoms with E-state index in [4.69, 9.17) is 0 Å². The van der Waals surface area contributed by atoms with Gasteiger partial charge in [0, 0.05) is 27.3 Å². The Labute approximate surface area is 201 Å². The van der Waals surface area contributed by atoms with Crippen molar-refractivity contribution in [2.24, 2.45) is 0 Å². The summed E-state index contributed by atoms with van der Waals surface area (Å²) < 4.78 is 1.44. The number of fused-ring (bicyclic) bond motifs is 1. The van der Waals surface area contributed by atoms with E-state index in [1.54, 1.807) is 5.19 Å². The van der Waals surface area contributed by atoms with Gasteiger partial charge >= 0.3 is 0 Å². The van der Waals surface area contributed by atoms with Crippen molar-refractivity contribution in [1.29, 1.82) is 0 Å². The maximum absolute atomic E-state index is 2.50. The van der Waals surface area contributed by atoms with Gasteiger partial charge in [0.15, 0.2) is 0 Å². The predicted octanol–water partition coefficient (Wildman–Crippen LogP) is 9.08. The molecule has 0 radical (unpaired) electrons. The SMILES string of the molecule is CC(C)N(c1ccc(-c2sc3ccccc3c2[Si](C(C)C)(C(C)C)C(C)C)cc1)C(C)C. The topological polar surface area (TPSA) is 3.24 Å². The van der Waals surface area contributed by atoms with Gasteiger partial charge in [-0.1, -0.05) is 71.9 Å². The molecule has 3 rings (SSSR count). The van der Waals surface area contributed by atoms with Crippen molar-refractivity contribution in [3.63, 3.8) is 0 Å². The van der Waals surface area contributed by atoms with E-state index in [1.165, 1.54) is 26.2 Å². The van der Waals surface area contributed by atoms with Crippen LogP contribution >= 0.6 is 11.3 Å².